The lowest BCUT2D eigenvalue weighted by Gasteiger charge is -2.12. The van der Waals surface area contributed by atoms with Crippen LogP contribution >= 0.6 is 0 Å². The molecular weight excluding hydrogens is 242 g/mol. The highest BCUT2D eigenvalue weighted by Gasteiger charge is 2.11. The van der Waals surface area contributed by atoms with Crippen LogP contribution in [0.1, 0.15) is 19.4 Å². The molecule has 1 aromatic carbocycles. The summed E-state index contributed by atoms with van der Waals surface area (Å²) in [5.74, 6) is 0. The van der Waals surface area contributed by atoms with E-state index in [1.807, 2.05) is 12.4 Å². The molecule has 0 spiro atoms. The van der Waals surface area contributed by atoms with Gasteiger partial charge in [0.25, 0.3) is 0 Å². The average Bonchev–Trinajstić information content (AvgIpc) is 2.91. The predicted molar refractivity (Wildman–Crippen MR) is 86.3 cm³/mol. The van der Waals surface area contributed by atoms with E-state index in [4.69, 9.17) is 0 Å². The lowest BCUT2D eigenvalue weighted by Crippen LogP contribution is -2.00. The van der Waals surface area contributed by atoms with E-state index in [1.165, 1.54) is 22.3 Å². The number of H-pyrrole nitrogens is 1. The molecule has 1 heteroatoms. The van der Waals surface area contributed by atoms with Crippen LogP contribution in [0.4, 0.5) is 0 Å². The molecule has 1 N–H and O–H groups in total. The van der Waals surface area contributed by atoms with Gasteiger partial charge in [-0.1, -0.05) is 68.5 Å². The van der Waals surface area contributed by atoms with Crippen LogP contribution in [0.5, 0.6) is 0 Å². The lowest BCUT2D eigenvalue weighted by atomic mass is 9.92. The molecule has 20 heavy (non-hydrogen) atoms. The smallest absolute Gasteiger partial charge is 0.00841 e. The Morgan fingerprint density at radius 3 is 2.30 bits per heavy atom. The number of aromatic nitrogens is 1. The van der Waals surface area contributed by atoms with Gasteiger partial charge in [-0.25, -0.2) is 0 Å². The van der Waals surface area contributed by atoms with E-state index in [1.54, 1.807) is 0 Å². The fourth-order valence-electron chi connectivity index (χ4n) is 2.37. The number of hydrogen-bond acceptors (Lipinski definition) is 0. The zero-order valence-corrected chi connectivity index (χ0v) is 11.9. The van der Waals surface area contributed by atoms with Crippen molar-refractivity contribution < 1.29 is 0 Å². The highest BCUT2D eigenvalue weighted by molar-refractivity contribution is 5.77. The van der Waals surface area contributed by atoms with Gasteiger partial charge in [-0.15, -0.1) is 0 Å². The molecule has 0 radical (unpaired) electrons. The molecule has 0 fully saturated rings. The number of aromatic amines is 1. The van der Waals surface area contributed by atoms with Crippen LogP contribution in [0.2, 0.25) is 0 Å². The minimum Gasteiger partial charge on any atom is -0.367 e. The molecule has 0 bridgehead atoms. The summed E-state index contributed by atoms with van der Waals surface area (Å²) in [7, 11) is 0. The average molecular weight is 261 g/mol. The van der Waals surface area contributed by atoms with Gasteiger partial charge in [-0.3, -0.25) is 0 Å². The summed E-state index contributed by atoms with van der Waals surface area (Å²) in [5, 5.41) is 0. The highest BCUT2D eigenvalue weighted by atomic mass is 14.6. The van der Waals surface area contributed by atoms with Crippen molar-refractivity contribution in [2.75, 3.05) is 0 Å². The summed E-state index contributed by atoms with van der Waals surface area (Å²) in [6, 6.07) is 10.8. The van der Waals surface area contributed by atoms with Gasteiger partial charge in [-0.05, 0) is 28.3 Å². The van der Waals surface area contributed by atoms with Crippen LogP contribution in [0.3, 0.4) is 0 Å². The summed E-state index contributed by atoms with van der Waals surface area (Å²) in [4.78, 5) is 3.09. The molecule has 0 saturated heterocycles. The number of rotatable bonds is 2. The highest BCUT2D eigenvalue weighted by Crippen LogP contribution is 2.28. The summed E-state index contributed by atoms with van der Waals surface area (Å²) in [6.07, 6.45) is 15.0. The normalized spacial score (nSPS) is 16.8. The van der Waals surface area contributed by atoms with Crippen molar-refractivity contribution in [3.8, 4) is 11.1 Å². The fraction of sp³-hybridized carbons (Fsp3) is 0.158. The molecule has 0 aliphatic heterocycles. The Bertz CT molecular complexity index is 665. The van der Waals surface area contributed by atoms with E-state index >= 15 is 0 Å². The Kier molecular flexibility index (Phi) is 3.19. The molecule has 0 unspecified atom stereocenters. The first kappa shape index (κ1) is 12.7. The topological polar surface area (TPSA) is 15.8 Å². The maximum atomic E-state index is 3.09. The van der Waals surface area contributed by atoms with Crippen molar-refractivity contribution in [1.82, 2.24) is 4.98 Å². The van der Waals surface area contributed by atoms with Gasteiger partial charge in [0.05, 0.1) is 0 Å². The van der Waals surface area contributed by atoms with E-state index in [9.17, 15) is 0 Å². The molecule has 1 aliphatic rings. The summed E-state index contributed by atoms with van der Waals surface area (Å²) < 4.78 is 0. The fourth-order valence-corrected chi connectivity index (χ4v) is 2.37. The number of benzene rings is 1. The molecular formula is C19H19N. The van der Waals surface area contributed by atoms with E-state index in [0.29, 0.717) is 0 Å². The van der Waals surface area contributed by atoms with E-state index in [0.717, 1.165) is 0 Å². The molecule has 1 nitrogen and oxygen atoms in total. The van der Waals surface area contributed by atoms with Crippen LogP contribution in [0.15, 0.2) is 73.1 Å². The standard InChI is InChI=1S/C19H19N/c1-19(2)11-3-4-15(9-12-19)16-5-7-17(8-6-16)18-10-13-20-14-18/h3-14,20H,1-2H3. The Labute approximate surface area is 120 Å². The molecule has 100 valence electrons. The summed E-state index contributed by atoms with van der Waals surface area (Å²) in [5.41, 5.74) is 5.10. The van der Waals surface area contributed by atoms with Crippen molar-refractivity contribution in [2.45, 2.75) is 13.8 Å². The monoisotopic (exact) mass is 261 g/mol. The maximum absolute atomic E-state index is 3.09. The van der Waals surface area contributed by atoms with Crippen molar-refractivity contribution >= 4 is 5.57 Å². The van der Waals surface area contributed by atoms with E-state index < -0.39 is 0 Å². The second-order valence-electron chi connectivity index (χ2n) is 5.81. The Morgan fingerprint density at radius 1 is 0.850 bits per heavy atom. The minimum atomic E-state index is 0.128. The first-order chi connectivity index (χ1) is 9.64. The number of nitrogens with one attached hydrogen (secondary N) is 1. The molecule has 1 aliphatic carbocycles. The van der Waals surface area contributed by atoms with Crippen molar-refractivity contribution in [2.24, 2.45) is 5.41 Å². The quantitative estimate of drug-likeness (QED) is 0.763. The van der Waals surface area contributed by atoms with Crippen LogP contribution in [-0.4, -0.2) is 4.98 Å². The van der Waals surface area contributed by atoms with Crippen LogP contribution < -0.4 is 0 Å². The van der Waals surface area contributed by atoms with E-state index in [2.05, 4.69) is 79.5 Å². The number of allylic oxidation sites excluding steroid dienone is 6. The molecule has 3 rings (SSSR count). The zero-order valence-electron chi connectivity index (χ0n) is 11.9. The largest absolute Gasteiger partial charge is 0.367 e. The third-order valence-electron chi connectivity index (χ3n) is 3.64. The minimum absolute atomic E-state index is 0.128. The number of hydrogen-bond donors (Lipinski definition) is 1. The van der Waals surface area contributed by atoms with Crippen LogP contribution in [0.25, 0.3) is 16.7 Å². The Hall–Kier alpha value is -2.28. The van der Waals surface area contributed by atoms with Crippen LogP contribution in [-0.2, 0) is 0 Å². The predicted octanol–water partition coefficient (Wildman–Crippen LogP) is 5.22. The van der Waals surface area contributed by atoms with E-state index in [-0.39, 0.29) is 5.41 Å². The molecule has 0 amide bonds. The summed E-state index contributed by atoms with van der Waals surface area (Å²) >= 11 is 0. The van der Waals surface area contributed by atoms with Gasteiger partial charge < -0.3 is 4.98 Å². The molecule has 2 aromatic rings. The molecule has 1 aromatic heterocycles. The second kappa shape index (κ2) is 5.01. The third-order valence-corrected chi connectivity index (χ3v) is 3.64. The Morgan fingerprint density at radius 2 is 1.60 bits per heavy atom. The van der Waals surface area contributed by atoms with Crippen molar-refractivity contribution in [1.29, 1.82) is 0 Å². The van der Waals surface area contributed by atoms with Crippen LogP contribution in [0, 0.1) is 5.41 Å². The zero-order chi connectivity index (χ0) is 14.0. The summed E-state index contributed by atoms with van der Waals surface area (Å²) in [6.45, 7) is 4.43. The van der Waals surface area contributed by atoms with Gasteiger partial charge in [0.15, 0.2) is 0 Å². The second-order valence-corrected chi connectivity index (χ2v) is 5.81. The molecule has 1 heterocycles. The molecule has 0 saturated carbocycles. The van der Waals surface area contributed by atoms with Crippen molar-refractivity contribution in [3.63, 3.8) is 0 Å². The first-order valence-electron chi connectivity index (χ1n) is 6.96. The van der Waals surface area contributed by atoms with Gasteiger partial charge in [0.1, 0.15) is 0 Å². The SMILES string of the molecule is CC1(C)C=CC=C(c2ccc(-c3cc[nH]c3)cc2)C=C1. The van der Waals surface area contributed by atoms with Gasteiger partial charge in [0.2, 0.25) is 0 Å². The molecule has 0 atom stereocenters. The third kappa shape index (κ3) is 2.67. The lowest BCUT2D eigenvalue weighted by molar-refractivity contribution is 0.627. The maximum Gasteiger partial charge on any atom is 0.00841 e. The van der Waals surface area contributed by atoms with Crippen molar-refractivity contribution in [3.05, 3.63) is 78.7 Å². The Balaban J connectivity index is 1.89. The first-order valence-corrected chi connectivity index (χ1v) is 6.96. The van der Waals surface area contributed by atoms with Gasteiger partial charge in [-0.2, -0.15) is 0 Å². The van der Waals surface area contributed by atoms with Gasteiger partial charge in [0, 0.05) is 17.8 Å². The van der Waals surface area contributed by atoms with Gasteiger partial charge >= 0.3 is 0 Å².